The number of ether oxygens (including phenoxy) is 2. The molecule has 8 heteroatoms. The van der Waals surface area contributed by atoms with E-state index in [0.29, 0.717) is 34.4 Å². The van der Waals surface area contributed by atoms with Crippen molar-refractivity contribution in [1.82, 2.24) is 14.9 Å². The summed E-state index contributed by atoms with van der Waals surface area (Å²) >= 11 is 0. The monoisotopic (exact) mass is 547 g/mol. The summed E-state index contributed by atoms with van der Waals surface area (Å²) in [5.41, 5.74) is 4.16. The summed E-state index contributed by atoms with van der Waals surface area (Å²) in [4.78, 5) is 30.5. The molecule has 1 atom stereocenters. The number of fused-ring (bicyclic) bond motifs is 6. The van der Waals surface area contributed by atoms with Gasteiger partial charge in [-0.2, -0.15) is 4.98 Å². The molecule has 41 heavy (non-hydrogen) atoms. The molecule has 0 N–H and O–H groups in total. The van der Waals surface area contributed by atoms with Crippen molar-refractivity contribution in [3.8, 4) is 22.9 Å². The maximum absolute atomic E-state index is 13.5. The molecule has 208 valence electrons. The first-order valence-electron chi connectivity index (χ1n) is 14.3. The van der Waals surface area contributed by atoms with E-state index in [2.05, 4.69) is 41.7 Å². The Morgan fingerprint density at radius 1 is 0.878 bits per heavy atom. The summed E-state index contributed by atoms with van der Waals surface area (Å²) < 4.78 is 13.2. The number of hydrogen-bond acceptors (Lipinski definition) is 8. The van der Waals surface area contributed by atoms with Gasteiger partial charge in [0.05, 0.1) is 16.8 Å². The van der Waals surface area contributed by atoms with Crippen LogP contribution in [0.3, 0.4) is 0 Å². The maximum atomic E-state index is 13.5. The average Bonchev–Trinajstić information content (AvgIpc) is 3.30. The second-order valence-electron chi connectivity index (χ2n) is 10.8. The van der Waals surface area contributed by atoms with Crippen molar-refractivity contribution < 1.29 is 14.3 Å². The van der Waals surface area contributed by atoms with E-state index < -0.39 is 5.60 Å². The van der Waals surface area contributed by atoms with Crippen LogP contribution in [-0.4, -0.2) is 67.2 Å². The number of benzene rings is 3. The second-order valence-corrected chi connectivity index (χ2v) is 10.8. The highest BCUT2D eigenvalue weighted by molar-refractivity contribution is 5.97. The molecular weight excluding hydrogens is 514 g/mol. The van der Waals surface area contributed by atoms with Crippen molar-refractivity contribution in [1.29, 1.82) is 0 Å². The molecule has 3 aliphatic rings. The standard InChI is InChI=1S/C33H33N5O3/c1-4-37(5-2)23-15-16-26-27(21-23)40-30-28(33(26)25-14-10-9-13-24(25)31(39)41-33)29(22-11-7-6-8-12-22)34-32(35-30)38-19-17-36(3)18-20-38/h6-16,21H,4-5,17-20H2,1-3H3. The second kappa shape index (κ2) is 9.89. The molecule has 1 unspecified atom stereocenters. The minimum Gasteiger partial charge on any atom is -0.440 e. The Labute approximate surface area is 240 Å². The first kappa shape index (κ1) is 25.5. The highest BCUT2D eigenvalue weighted by Crippen LogP contribution is 2.58. The fourth-order valence-corrected chi connectivity index (χ4v) is 6.29. The molecule has 1 fully saturated rings. The molecular formula is C33H33N5O3. The summed E-state index contributed by atoms with van der Waals surface area (Å²) in [7, 11) is 2.13. The van der Waals surface area contributed by atoms with Crippen molar-refractivity contribution >= 4 is 17.6 Å². The number of aromatic nitrogens is 2. The summed E-state index contributed by atoms with van der Waals surface area (Å²) in [5, 5.41) is 0. The molecule has 3 aliphatic heterocycles. The first-order chi connectivity index (χ1) is 20.0. The zero-order valence-corrected chi connectivity index (χ0v) is 23.6. The number of hydrogen-bond donors (Lipinski definition) is 0. The smallest absolute Gasteiger partial charge is 0.340 e. The third-order valence-electron chi connectivity index (χ3n) is 8.50. The van der Waals surface area contributed by atoms with Gasteiger partial charge in [-0.3, -0.25) is 0 Å². The lowest BCUT2D eigenvalue weighted by atomic mass is 9.77. The third kappa shape index (κ3) is 3.96. The third-order valence-corrected chi connectivity index (χ3v) is 8.50. The Morgan fingerprint density at radius 3 is 2.37 bits per heavy atom. The van der Waals surface area contributed by atoms with Crippen LogP contribution in [0.25, 0.3) is 11.3 Å². The molecule has 1 saturated heterocycles. The first-order valence-corrected chi connectivity index (χ1v) is 14.3. The van der Waals surface area contributed by atoms with Crippen LogP contribution >= 0.6 is 0 Å². The maximum Gasteiger partial charge on any atom is 0.340 e. The predicted octanol–water partition coefficient (Wildman–Crippen LogP) is 5.31. The zero-order chi connectivity index (χ0) is 28.1. The minimum atomic E-state index is -1.25. The van der Waals surface area contributed by atoms with Gasteiger partial charge in [0, 0.05) is 67.7 Å². The van der Waals surface area contributed by atoms with Crippen molar-refractivity contribution in [3.63, 3.8) is 0 Å². The highest BCUT2D eigenvalue weighted by atomic mass is 16.6. The van der Waals surface area contributed by atoms with Crippen LogP contribution in [0.4, 0.5) is 11.6 Å². The van der Waals surface area contributed by atoms with Crippen molar-refractivity contribution in [3.05, 3.63) is 95.1 Å². The van der Waals surface area contributed by atoms with Crippen LogP contribution < -0.4 is 14.5 Å². The molecule has 1 aromatic heterocycles. The van der Waals surface area contributed by atoms with E-state index in [1.807, 2.05) is 66.7 Å². The Kier molecular flexibility index (Phi) is 6.16. The molecule has 3 aromatic carbocycles. The summed E-state index contributed by atoms with van der Waals surface area (Å²) in [6, 6.07) is 23.8. The minimum absolute atomic E-state index is 0.366. The molecule has 0 radical (unpaired) electrons. The van der Waals surface area contributed by atoms with E-state index in [4.69, 9.17) is 19.4 Å². The molecule has 1 spiro atoms. The van der Waals surface area contributed by atoms with Crippen LogP contribution in [0, 0.1) is 0 Å². The fourth-order valence-electron chi connectivity index (χ4n) is 6.29. The van der Waals surface area contributed by atoms with Gasteiger partial charge >= 0.3 is 5.97 Å². The normalized spacial score (nSPS) is 19.3. The highest BCUT2D eigenvalue weighted by Gasteiger charge is 2.56. The fraction of sp³-hybridized carbons (Fsp3) is 0.303. The quantitative estimate of drug-likeness (QED) is 0.312. The Morgan fingerprint density at radius 2 is 1.61 bits per heavy atom. The number of carbonyl (C=O) groups is 1. The van der Waals surface area contributed by atoms with Gasteiger partial charge in [-0.15, -0.1) is 0 Å². The lowest BCUT2D eigenvalue weighted by molar-refractivity contribution is 0.0222. The largest absolute Gasteiger partial charge is 0.440 e. The number of esters is 1. The summed E-state index contributed by atoms with van der Waals surface area (Å²) in [5.74, 6) is 1.30. The molecule has 7 rings (SSSR count). The van der Waals surface area contributed by atoms with Crippen molar-refractivity contribution in [2.24, 2.45) is 0 Å². The van der Waals surface area contributed by atoms with E-state index >= 15 is 0 Å². The van der Waals surface area contributed by atoms with Gasteiger partial charge in [0.2, 0.25) is 11.8 Å². The van der Waals surface area contributed by atoms with Crippen LogP contribution in [0.2, 0.25) is 0 Å². The number of nitrogens with zero attached hydrogens (tertiary/aromatic N) is 5. The van der Waals surface area contributed by atoms with Gasteiger partial charge in [0.25, 0.3) is 0 Å². The predicted molar refractivity (Wildman–Crippen MR) is 159 cm³/mol. The Bertz CT molecular complexity index is 1630. The van der Waals surface area contributed by atoms with Gasteiger partial charge in [-0.25, -0.2) is 9.78 Å². The van der Waals surface area contributed by atoms with Gasteiger partial charge in [-0.1, -0.05) is 48.5 Å². The number of carbonyl (C=O) groups excluding carboxylic acids is 1. The lowest BCUT2D eigenvalue weighted by Crippen LogP contribution is -2.45. The number of likely N-dealkylation sites (N-methyl/N-ethyl adjacent to an activating group) is 1. The van der Waals surface area contributed by atoms with Crippen molar-refractivity contribution in [2.45, 2.75) is 19.4 Å². The lowest BCUT2D eigenvalue weighted by Gasteiger charge is -2.38. The van der Waals surface area contributed by atoms with Gasteiger partial charge in [-0.05, 0) is 39.1 Å². The van der Waals surface area contributed by atoms with E-state index in [1.165, 1.54) is 0 Å². The molecule has 4 aromatic rings. The number of rotatable bonds is 5. The van der Waals surface area contributed by atoms with E-state index in [9.17, 15) is 4.79 Å². The van der Waals surface area contributed by atoms with Gasteiger partial charge in [0.15, 0.2) is 5.60 Å². The van der Waals surface area contributed by atoms with Gasteiger partial charge in [0.1, 0.15) is 5.75 Å². The SMILES string of the molecule is CCN(CC)c1ccc2c(c1)Oc1nc(N3CCN(C)CC3)nc(-c3ccccc3)c1C21OC(=O)c2ccccc21. The molecule has 0 amide bonds. The van der Waals surface area contributed by atoms with E-state index in [1.54, 1.807) is 0 Å². The van der Waals surface area contributed by atoms with E-state index in [0.717, 1.165) is 61.6 Å². The van der Waals surface area contributed by atoms with Crippen LogP contribution in [0.15, 0.2) is 72.8 Å². The van der Waals surface area contributed by atoms with Crippen LogP contribution in [0.5, 0.6) is 11.6 Å². The molecule has 0 bridgehead atoms. The molecule has 0 saturated carbocycles. The zero-order valence-electron chi connectivity index (χ0n) is 23.6. The van der Waals surface area contributed by atoms with E-state index in [-0.39, 0.29) is 5.97 Å². The van der Waals surface area contributed by atoms with Crippen LogP contribution in [-0.2, 0) is 10.3 Å². The van der Waals surface area contributed by atoms with Gasteiger partial charge < -0.3 is 24.2 Å². The number of piperazine rings is 1. The average molecular weight is 548 g/mol. The Balaban J connectivity index is 1.52. The van der Waals surface area contributed by atoms with Crippen LogP contribution in [0.1, 0.15) is 40.9 Å². The Hall–Kier alpha value is -4.43. The number of anilines is 2. The molecule has 8 nitrogen and oxygen atoms in total. The topological polar surface area (TPSA) is 71.0 Å². The van der Waals surface area contributed by atoms with Crippen molar-refractivity contribution in [2.75, 3.05) is 56.1 Å². The summed E-state index contributed by atoms with van der Waals surface area (Å²) in [6.45, 7) is 9.48. The molecule has 0 aliphatic carbocycles. The summed E-state index contributed by atoms with van der Waals surface area (Å²) in [6.07, 6.45) is 0. The molecule has 4 heterocycles.